The van der Waals surface area contributed by atoms with Gasteiger partial charge in [0.15, 0.2) is 5.82 Å². The predicted octanol–water partition coefficient (Wildman–Crippen LogP) is 4.36. The molecule has 1 atom stereocenters. The van der Waals surface area contributed by atoms with Crippen LogP contribution in [0.2, 0.25) is 0 Å². The van der Waals surface area contributed by atoms with Gasteiger partial charge in [0.05, 0.1) is 29.1 Å². The summed E-state index contributed by atoms with van der Waals surface area (Å²) in [6.07, 6.45) is -2.60. The van der Waals surface area contributed by atoms with Gasteiger partial charge in [-0.25, -0.2) is 18.4 Å². The Labute approximate surface area is 162 Å². The SMILES string of the molecule is Cc1c(C(=O)NC(C)c2ccc(F)cc2F)cnn1-c1ccc(C(F)(F)F)cn1. The van der Waals surface area contributed by atoms with Gasteiger partial charge in [-0.2, -0.15) is 18.3 Å². The third kappa shape index (κ3) is 4.25. The first-order valence-corrected chi connectivity index (χ1v) is 8.42. The van der Waals surface area contributed by atoms with Crippen molar-refractivity contribution in [2.75, 3.05) is 0 Å². The van der Waals surface area contributed by atoms with E-state index in [1.54, 1.807) is 6.92 Å². The molecule has 3 aromatic rings. The van der Waals surface area contributed by atoms with Crippen molar-refractivity contribution in [3.8, 4) is 5.82 Å². The lowest BCUT2D eigenvalue weighted by Crippen LogP contribution is -2.27. The first kappa shape index (κ1) is 20.4. The second-order valence-corrected chi connectivity index (χ2v) is 6.32. The zero-order chi connectivity index (χ0) is 21.3. The smallest absolute Gasteiger partial charge is 0.345 e. The fraction of sp³-hybridized carbons (Fsp3) is 0.211. The van der Waals surface area contributed by atoms with Crippen molar-refractivity contribution >= 4 is 5.91 Å². The second-order valence-electron chi connectivity index (χ2n) is 6.32. The Kier molecular flexibility index (Phi) is 5.36. The molecule has 1 aromatic carbocycles. The van der Waals surface area contributed by atoms with Crippen LogP contribution in [0.25, 0.3) is 5.82 Å². The fourth-order valence-electron chi connectivity index (χ4n) is 2.75. The van der Waals surface area contributed by atoms with Crippen molar-refractivity contribution < 1.29 is 26.7 Å². The van der Waals surface area contributed by atoms with E-state index in [4.69, 9.17) is 0 Å². The third-order valence-corrected chi connectivity index (χ3v) is 4.32. The number of aromatic nitrogens is 3. The van der Waals surface area contributed by atoms with E-state index in [1.807, 2.05) is 0 Å². The standard InChI is InChI=1S/C19H15F5N4O/c1-10(14-5-4-13(20)7-16(14)21)27-18(29)15-9-26-28(11(15)2)17-6-3-12(8-25-17)19(22,23)24/h3-10H,1-2H3,(H,27,29). The molecule has 1 N–H and O–H groups in total. The third-order valence-electron chi connectivity index (χ3n) is 4.32. The molecule has 3 rings (SSSR count). The van der Waals surface area contributed by atoms with Gasteiger partial charge in [-0.15, -0.1) is 0 Å². The molecule has 0 saturated heterocycles. The number of benzene rings is 1. The molecule has 2 aromatic heterocycles. The monoisotopic (exact) mass is 410 g/mol. The average molecular weight is 410 g/mol. The number of pyridine rings is 1. The van der Waals surface area contributed by atoms with Gasteiger partial charge >= 0.3 is 6.18 Å². The molecular formula is C19H15F5N4O. The van der Waals surface area contributed by atoms with Gasteiger partial charge in [0.2, 0.25) is 0 Å². The van der Waals surface area contributed by atoms with Gasteiger partial charge in [-0.3, -0.25) is 4.79 Å². The number of nitrogens with one attached hydrogen (secondary N) is 1. The molecule has 0 bridgehead atoms. The summed E-state index contributed by atoms with van der Waals surface area (Å²) in [6, 6.07) is 4.29. The molecule has 0 spiro atoms. The van der Waals surface area contributed by atoms with Crippen LogP contribution in [-0.4, -0.2) is 20.7 Å². The van der Waals surface area contributed by atoms with Crippen molar-refractivity contribution in [1.82, 2.24) is 20.1 Å². The fourth-order valence-corrected chi connectivity index (χ4v) is 2.75. The lowest BCUT2D eigenvalue weighted by atomic mass is 10.1. The number of hydrogen-bond donors (Lipinski definition) is 1. The summed E-state index contributed by atoms with van der Waals surface area (Å²) in [4.78, 5) is 16.3. The summed E-state index contributed by atoms with van der Waals surface area (Å²) in [5, 5.41) is 6.58. The lowest BCUT2D eigenvalue weighted by Gasteiger charge is -2.15. The minimum Gasteiger partial charge on any atom is -0.345 e. The molecule has 5 nitrogen and oxygen atoms in total. The molecule has 2 heterocycles. The number of halogens is 5. The molecule has 0 aliphatic carbocycles. The van der Waals surface area contributed by atoms with E-state index in [1.165, 1.54) is 23.9 Å². The maximum absolute atomic E-state index is 13.9. The normalized spacial score (nSPS) is 12.7. The number of rotatable bonds is 4. The van der Waals surface area contributed by atoms with Crippen LogP contribution in [0, 0.1) is 18.6 Å². The zero-order valence-electron chi connectivity index (χ0n) is 15.3. The minimum atomic E-state index is -4.51. The molecule has 0 fully saturated rings. The van der Waals surface area contributed by atoms with Crippen LogP contribution in [0.4, 0.5) is 22.0 Å². The summed E-state index contributed by atoms with van der Waals surface area (Å²) in [6.45, 7) is 3.08. The summed E-state index contributed by atoms with van der Waals surface area (Å²) in [7, 11) is 0. The number of amides is 1. The van der Waals surface area contributed by atoms with Crippen molar-refractivity contribution in [3.05, 3.63) is 76.7 Å². The largest absolute Gasteiger partial charge is 0.417 e. The number of alkyl halides is 3. The van der Waals surface area contributed by atoms with Crippen molar-refractivity contribution in [2.45, 2.75) is 26.1 Å². The summed E-state index contributed by atoms with van der Waals surface area (Å²) >= 11 is 0. The number of carbonyl (C=O) groups excluding carboxylic acids is 1. The molecule has 152 valence electrons. The molecular weight excluding hydrogens is 395 g/mol. The molecule has 1 amide bonds. The Bertz CT molecular complexity index is 1040. The topological polar surface area (TPSA) is 59.8 Å². The van der Waals surface area contributed by atoms with Crippen LogP contribution in [0.3, 0.4) is 0 Å². The first-order chi connectivity index (χ1) is 13.6. The van der Waals surface area contributed by atoms with Gasteiger partial charge in [0, 0.05) is 17.8 Å². The molecule has 0 aliphatic heterocycles. The Balaban J connectivity index is 1.80. The summed E-state index contributed by atoms with van der Waals surface area (Å²) in [5.74, 6) is -1.99. The van der Waals surface area contributed by atoms with Crippen LogP contribution in [-0.2, 0) is 6.18 Å². The first-order valence-electron chi connectivity index (χ1n) is 8.42. The van der Waals surface area contributed by atoms with E-state index in [-0.39, 0.29) is 16.9 Å². The van der Waals surface area contributed by atoms with Crippen LogP contribution < -0.4 is 5.32 Å². The Morgan fingerprint density at radius 2 is 1.86 bits per heavy atom. The number of nitrogens with zero attached hydrogens (tertiary/aromatic N) is 3. The lowest BCUT2D eigenvalue weighted by molar-refractivity contribution is -0.137. The van der Waals surface area contributed by atoms with Crippen LogP contribution >= 0.6 is 0 Å². The number of hydrogen-bond acceptors (Lipinski definition) is 3. The van der Waals surface area contributed by atoms with Gasteiger partial charge in [0.1, 0.15) is 11.6 Å². The van der Waals surface area contributed by atoms with Crippen molar-refractivity contribution in [2.24, 2.45) is 0 Å². The highest BCUT2D eigenvalue weighted by molar-refractivity contribution is 5.95. The van der Waals surface area contributed by atoms with E-state index in [2.05, 4.69) is 15.4 Å². The molecule has 29 heavy (non-hydrogen) atoms. The highest BCUT2D eigenvalue weighted by Gasteiger charge is 2.31. The molecule has 0 saturated carbocycles. The summed E-state index contributed by atoms with van der Waals surface area (Å²) < 4.78 is 66.1. The van der Waals surface area contributed by atoms with Crippen LogP contribution in [0.1, 0.15) is 40.1 Å². The van der Waals surface area contributed by atoms with E-state index < -0.39 is 35.3 Å². The maximum Gasteiger partial charge on any atom is 0.417 e. The van der Waals surface area contributed by atoms with E-state index >= 15 is 0 Å². The maximum atomic E-state index is 13.9. The average Bonchev–Trinajstić information content (AvgIpc) is 3.02. The Morgan fingerprint density at radius 3 is 2.45 bits per heavy atom. The predicted molar refractivity (Wildman–Crippen MR) is 93.3 cm³/mol. The van der Waals surface area contributed by atoms with E-state index in [9.17, 15) is 26.7 Å². The highest BCUT2D eigenvalue weighted by atomic mass is 19.4. The Morgan fingerprint density at radius 1 is 1.14 bits per heavy atom. The minimum absolute atomic E-state index is 0.104. The van der Waals surface area contributed by atoms with Crippen LogP contribution in [0.15, 0.2) is 42.7 Å². The number of carbonyl (C=O) groups is 1. The molecule has 0 radical (unpaired) electrons. The van der Waals surface area contributed by atoms with Gasteiger partial charge < -0.3 is 5.32 Å². The van der Waals surface area contributed by atoms with E-state index in [0.29, 0.717) is 11.9 Å². The van der Waals surface area contributed by atoms with Gasteiger partial charge in [-0.1, -0.05) is 6.07 Å². The molecule has 10 heteroatoms. The summed E-state index contributed by atoms with van der Waals surface area (Å²) in [5.41, 5.74) is -0.323. The highest BCUT2D eigenvalue weighted by Crippen LogP contribution is 2.29. The van der Waals surface area contributed by atoms with Crippen molar-refractivity contribution in [3.63, 3.8) is 0 Å². The molecule has 1 unspecified atom stereocenters. The van der Waals surface area contributed by atoms with Gasteiger partial charge in [-0.05, 0) is 32.0 Å². The van der Waals surface area contributed by atoms with Crippen molar-refractivity contribution in [1.29, 1.82) is 0 Å². The Hall–Kier alpha value is -3.30. The zero-order valence-corrected chi connectivity index (χ0v) is 15.3. The van der Waals surface area contributed by atoms with Crippen LogP contribution in [0.5, 0.6) is 0 Å². The van der Waals surface area contributed by atoms with E-state index in [0.717, 1.165) is 24.3 Å². The molecule has 0 aliphatic rings. The van der Waals surface area contributed by atoms with Gasteiger partial charge in [0.25, 0.3) is 5.91 Å². The quantitative estimate of drug-likeness (QED) is 0.650. The second kappa shape index (κ2) is 7.61.